The highest BCUT2D eigenvalue weighted by atomic mass is 79.9. The van der Waals surface area contributed by atoms with Gasteiger partial charge in [-0.15, -0.1) is 0 Å². The first-order chi connectivity index (χ1) is 9.97. The van der Waals surface area contributed by atoms with Crippen LogP contribution in [-0.4, -0.2) is 54.3 Å². The van der Waals surface area contributed by atoms with Crippen molar-refractivity contribution in [2.45, 2.75) is 6.42 Å². The van der Waals surface area contributed by atoms with Gasteiger partial charge in [-0.25, -0.2) is 4.39 Å². The monoisotopic (exact) mass is 357 g/mol. The number of halogens is 2. The molecule has 2 rings (SSSR count). The average Bonchev–Trinajstić information content (AvgIpc) is 2.66. The normalized spacial score (nSPS) is 16.6. The molecule has 5 nitrogen and oxygen atoms in total. The van der Waals surface area contributed by atoms with Gasteiger partial charge in [0.2, 0.25) is 5.91 Å². The van der Waals surface area contributed by atoms with E-state index in [0.717, 1.165) is 6.42 Å². The van der Waals surface area contributed by atoms with Crippen molar-refractivity contribution in [3.63, 3.8) is 0 Å². The lowest BCUT2D eigenvalue weighted by molar-refractivity contribution is -0.119. The molecule has 0 radical (unpaired) electrons. The van der Waals surface area contributed by atoms with E-state index >= 15 is 0 Å². The van der Waals surface area contributed by atoms with Crippen LogP contribution < -0.4 is 5.73 Å². The van der Waals surface area contributed by atoms with E-state index < -0.39 is 5.82 Å². The summed E-state index contributed by atoms with van der Waals surface area (Å²) in [5.41, 5.74) is 5.24. The van der Waals surface area contributed by atoms with E-state index in [1.807, 2.05) is 4.90 Å². The summed E-state index contributed by atoms with van der Waals surface area (Å²) in [7, 11) is 0. The first-order valence-electron chi connectivity index (χ1n) is 6.72. The van der Waals surface area contributed by atoms with Crippen molar-refractivity contribution in [3.05, 3.63) is 34.1 Å². The smallest absolute Gasteiger partial charge is 0.256 e. The maximum Gasteiger partial charge on any atom is 0.256 e. The van der Waals surface area contributed by atoms with Crippen molar-refractivity contribution >= 4 is 27.7 Å². The first kappa shape index (κ1) is 15.9. The van der Waals surface area contributed by atoms with Crippen LogP contribution in [0.3, 0.4) is 0 Å². The lowest BCUT2D eigenvalue weighted by atomic mass is 10.2. The van der Waals surface area contributed by atoms with Crippen molar-refractivity contribution in [3.8, 4) is 0 Å². The quantitative estimate of drug-likeness (QED) is 0.884. The Bertz CT molecular complexity index is 553. The summed E-state index contributed by atoms with van der Waals surface area (Å²) in [6.07, 6.45) is 0.731. The zero-order valence-corrected chi connectivity index (χ0v) is 13.1. The number of nitrogens with zero attached hydrogens (tertiary/aromatic N) is 2. The van der Waals surface area contributed by atoms with Crippen LogP contribution in [0.15, 0.2) is 22.7 Å². The van der Waals surface area contributed by atoms with Gasteiger partial charge in [-0.1, -0.05) is 15.9 Å². The summed E-state index contributed by atoms with van der Waals surface area (Å²) >= 11 is 3.24. The van der Waals surface area contributed by atoms with Gasteiger partial charge in [0.1, 0.15) is 5.82 Å². The van der Waals surface area contributed by atoms with Crippen LogP contribution >= 0.6 is 15.9 Å². The Morgan fingerprint density at radius 3 is 2.71 bits per heavy atom. The van der Waals surface area contributed by atoms with Crippen molar-refractivity contribution < 1.29 is 14.0 Å². The number of benzene rings is 1. The van der Waals surface area contributed by atoms with Gasteiger partial charge >= 0.3 is 0 Å². The summed E-state index contributed by atoms with van der Waals surface area (Å²) < 4.78 is 14.4. The van der Waals surface area contributed by atoms with Crippen molar-refractivity contribution in [1.82, 2.24) is 9.80 Å². The molecule has 0 bridgehead atoms. The fourth-order valence-electron chi connectivity index (χ4n) is 2.38. The maximum absolute atomic E-state index is 13.8. The van der Waals surface area contributed by atoms with Crippen LogP contribution in [0.4, 0.5) is 4.39 Å². The Morgan fingerprint density at radius 2 is 2.00 bits per heavy atom. The minimum Gasteiger partial charge on any atom is -0.369 e. The second-order valence-corrected chi connectivity index (χ2v) is 5.93. The molecule has 0 atom stereocenters. The number of amides is 2. The number of carbonyl (C=O) groups excluding carboxylic acids is 2. The molecule has 21 heavy (non-hydrogen) atoms. The van der Waals surface area contributed by atoms with Gasteiger partial charge in [-0.2, -0.15) is 0 Å². The molecule has 0 aliphatic carbocycles. The number of primary amides is 1. The summed E-state index contributed by atoms with van der Waals surface area (Å²) in [6, 6.07) is 4.32. The van der Waals surface area contributed by atoms with Crippen molar-refractivity contribution in [2.75, 3.05) is 32.7 Å². The second kappa shape index (κ2) is 7.00. The molecule has 114 valence electrons. The second-order valence-electron chi connectivity index (χ2n) is 5.01. The van der Waals surface area contributed by atoms with Gasteiger partial charge in [-0.05, 0) is 24.6 Å². The number of nitrogens with two attached hydrogens (primary N) is 1. The Morgan fingerprint density at radius 1 is 1.24 bits per heavy atom. The van der Waals surface area contributed by atoms with Gasteiger partial charge < -0.3 is 10.6 Å². The lowest BCUT2D eigenvalue weighted by Gasteiger charge is -2.21. The molecule has 2 amide bonds. The minimum atomic E-state index is -0.526. The number of hydrogen-bond donors (Lipinski definition) is 1. The molecule has 0 aromatic heterocycles. The lowest BCUT2D eigenvalue weighted by Crippen LogP contribution is -2.38. The molecule has 1 heterocycles. The summed E-state index contributed by atoms with van der Waals surface area (Å²) in [6.45, 7) is 2.45. The van der Waals surface area contributed by atoms with Gasteiger partial charge in [0.25, 0.3) is 5.91 Å². The molecule has 0 saturated carbocycles. The first-order valence-corrected chi connectivity index (χ1v) is 7.51. The molecular weight excluding hydrogens is 341 g/mol. The van der Waals surface area contributed by atoms with Gasteiger partial charge in [0.05, 0.1) is 12.1 Å². The van der Waals surface area contributed by atoms with Gasteiger partial charge in [-0.3, -0.25) is 14.5 Å². The third-order valence-corrected chi connectivity index (χ3v) is 3.91. The van der Waals surface area contributed by atoms with Gasteiger partial charge in [0, 0.05) is 30.7 Å². The molecule has 1 fully saturated rings. The molecule has 1 aromatic rings. The molecule has 7 heteroatoms. The van der Waals surface area contributed by atoms with E-state index in [-0.39, 0.29) is 23.9 Å². The van der Waals surface area contributed by atoms with E-state index in [9.17, 15) is 14.0 Å². The molecule has 0 unspecified atom stereocenters. The fraction of sp³-hybridized carbons (Fsp3) is 0.429. The Kier molecular flexibility index (Phi) is 5.30. The molecular formula is C14H17BrFN3O2. The van der Waals surface area contributed by atoms with E-state index in [2.05, 4.69) is 15.9 Å². The zero-order valence-electron chi connectivity index (χ0n) is 11.5. The SMILES string of the molecule is NC(=O)CN1CCCN(C(=O)c2cc(Br)ccc2F)CC1. The minimum absolute atomic E-state index is 0.0627. The summed E-state index contributed by atoms with van der Waals surface area (Å²) in [5, 5.41) is 0. The van der Waals surface area contributed by atoms with Crippen LogP contribution in [0.5, 0.6) is 0 Å². The van der Waals surface area contributed by atoms with Crippen LogP contribution in [-0.2, 0) is 4.79 Å². The average molecular weight is 358 g/mol. The molecule has 1 aromatic carbocycles. The van der Waals surface area contributed by atoms with Gasteiger partial charge in [0.15, 0.2) is 0 Å². The Balaban J connectivity index is 2.06. The highest BCUT2D eigenvalue weighted by molar-refractivity contribution is 9.10. The van der Waals surface area contributed by atoms with Crippen LogP contribution in [0.25, 0.3) is 0 Å². The highest BCUT2D eigenvalue weighted by Crippen LogP contribution is 2.18. The Labute approximate surface area is 131 Å². The van der Waals surface area contributed by atoms with E-state index in [0.29, 0.717) is 30.7 Å². The van der Waals surface area contributed by atoms with E-state index in [1.54, 1.807) is 11.0 Å². The number of carbonyl (C=O) groups is 2. The predicted octanol–water partition coefficient (Wildman–Crippen LogP) is 1.22. The molecule has 1 aliphatic heterocycles. The fourth-order valence-corrected chi connectivity index (χ4v) is 2.75. The van der Waals surface area contributed by atoms with Crippen LogP contribution in [0.1, 0.15) is 16.8 Å². The Hall–Kier alpha value is -1.47. The third kappa shape index (κ3) is 4.25. The van der Waals surface area contributed by atoms with Crippen LogP contribution in [0.2, 0.25) is 0 Å². The molecule has 1 aliphatic rings. The van der Waals surface area contributed by atoms with Crippen LogP contribution in [0, 0.1) is 5.82 Å². The highest BCUT2D eigenvalue weighted by Gasteiger charge is 2.23. The van der Waals surface area contributed by atoms with E-state index in [4.69, 9.17) is 5.73 Å². The largest absolute Gasteiger partial charge is 0.369 e. The topological polar surface area (TPSA) is 66.6 Å². The van der Waals surface area contributed by atoms with E-state index in [1.165, 1.54) is 12.1 Å². The standard InChI is InChI=1S/C14H17BrFN3O2/c15-10-2-3-12(16)11(8-10)14(21)19-5-1-4-18(6-7-19)9-13(17)20/h2-3,8H,1,4-7,9H2,(H2,17,20). The summed E-state index contributed by atoms with van der Waals surface area (Å²) in [5.74, 6) is -1.23. The van der Waals surface area contributed by atoms with Crippen molar-refractivity contribution in [2.24, 2.45) is 5.73 Å². The van der Waals surface area contributed by atoms with Crippen molar-refractivity contribution in [1.29, 1.82) is 0 Å². The third-order valence-electron chi connectivity index (χ3n) is 3.41. The summed E-state index contributed by atoms with van der Waals surface area (Å²) in [4.78, 5) is 26.9. The number of hydrogen-bond acceptors (Lipinski definition) is 3. The maximum atomic E-state index is 13.8. The molecule has 1 saturated heterocycles. The molecule has 2 N–H and O–H groups in total. The molecule has 0 spiro atoms. The number of rotatable bonds is 3. The zero-order chi connectivity index (χ0) is 15.4. The predicted molar refractivity (Wildman–Crippen MR) is 80.3 cm³/mol.